The van der Waals surface area contributed by atoms with Crippen molar-refractivity contribution in [2.45, 2.75) is 39.0 Å². The fourth-order valence-electron chi connectivity index (χ4n) is 3.78. The van der Waals surface area contributed by atoms with Crippen LogP contribution in [0, 0.1) is 13.8 Å². The first-order chi connectivity index (χ1) is 10.9. The zero-order chi connectivity index (χ0) is 16.6. The van der Waals surface area contributed by atoms with E-state index >= 15 is 0 Å². The molecule has 128 valence electrons. The Morgan fingerprint density at radius 2 is 1.91 bits per heavy atom. The summed E-state index contributed by atoms with van der Waals surface area (Å²) >= 11 is 0. The van der Waals surface area contributed by atoms with Gasteiger partial charge in [0.25, 0.3) is 0 Å². The van der Waals surface area contributed by atoms with E-state index in [1.54, 1.807) is 4.31 Å². The number of morpholine rings is 1. The molecule has 0 saturated carbocycles. The number of aryl methyl sites for hydroxylation is 2. The lowest BCUT2D eigenvalue weighted by atomic mass is 9.98. The fourth-order valence-corrected chi connectivity index (χ4v) is 4.88. The van der Waals surface area contributed by atoms with E-state index in [2.05, 4.69) is 36.9 Å². The summed E-state index contributed by atoms with van der Waals surface area (Å²) in [6, 6.07) is 6.31. The Hall–Kier alpha value is -0.950. The summed E-state index contributed by atoms with van der Waals surface area (Å²) in [4.78, 5) is 2.36. The Morgan fingerprint density at radius 3 is 2.57 bits per heavy atom. The summed E-state index contributed by atoms with van der Waals surface area (Å²) in [5.74, 6) is 0. The maximum atomic E-state index is 12.1. The molecule has 0 unspecified atom stereocenters. The van der Waals surface area contributed by atoms with Gasteiger partial charge >= 0.3 is 0 Å². The van der Waals surface area contributed by atoms with Crippen molar-refractivity contribution < 1.29 is 13.2 Å². The number of fused-ring (bicyclic) bond motifs is 1. The first kappa shape index (κ1) is 16.9. The molecule has 2 aliphatic rings. The third kappa shape index (κ3) is 3.60. The van der Waals surface area contributed by atoms with Gasteiger partial charge in [-0.3, -0.25) is 4.90 Å². The molecule has 23 heavy (non-hydrogen) atoms. The predicted octanol–water partition coefficient (Wildman–Crippen LogP) is 1.54. The topological polar surface area (TPSA) is 49.9 Å². The molecule has 6 heteroatoms. The average Bonchev–Trinajstić information content (AvgIpc) is 2.49. The molecule has 2 aliphatic heterocycles. The second-order valence-corrected chi connectivity index (χ2v) is 8.68. The molecule has 1 aromatic rings. The highest BCUT2D eigenvalue weighted by Crippen LogP contribution is 2.27. The van der Waals surface area contributed by atoms with Crippen LogP contribution in [-0.4, -0.2) is 62.3 Å². The van der Waals surface area contributed by atoms with Crippen LogP contribution in [-0.2, 0) is 21.3 Å². The van der Waals surface area contributed by atoms with Gasteiger partial charge in [0.1, 0.15) is 0 Å². The maximum Gasteiger partial charge on any atom is 0.211 e. The van der Waals surface area contributed by atoms with Crippen molar-refractivity contribution in [3.05, 3.63) is 34.9 Å². The number of piperidine rings is 1. The van der Waals surface area contributed by atoms with E-state index < -0.39 is 10.0 Å². The van der Waals surface area contributed by atoms with Crippen LogP contribution < -0.4 is 0 Å². The third-order valence-electron chi connectivity index (χ3n) is 5.07. The van der Waals surface area contributed by atoms with E-state index in [1.807, 2.05) is 0 Å². The first-order valence-corrected chi connectivity index (χ1v) is 10.1. The van der Waals surface area contributed by atoms with Gasteiger partial charge < -0.3 is 4.74 Å². The second-order valence-electron chi connectivity index (χ2n) is 6.74. The second kappa shape index (κ2) is 6.51. The van der Waals surface area contributed by atoms with Crippen molar-refractivity contribution >= 4 is 10.0 Å². The molecular weight excluding hydrogens is 312 g/mol. The number of likely N-dealkylation sites (tertiary alicyclic amines) is 1. The van der Waals surface area contributed by atoms with Gasteiger partial charge in [-0.25, -0.2) is 8.42 Å². The highest BCUT2D eigenvalue weighted by atomic mass is 32.2. The van der Waals surface area contributed by atoms with E-state index in [0.717, 1.165) is 26.1 Å². The van der Waals surface area contributed by atoms with E-state index in [4.69, 9.17) is 4.74 Å². The molecule has 0 radical (unpaired) electrons. The molecular formula is C17H26N2O3S. The molecule has 0 aliphatic carbocycles. The average molecular weight is 338 g/mol. The van der Waals surface area contributed by atoms with E-state index in [-0.39, 0.29) is 12.1 Å². The highest BCUT2D eigenvalue weighted by Gasteiger charge is 2.40. The fraction of sp³-hybridized carbons (Fsp3) is 0.647. The minimum absolute atomic E-state index is 0.0349. The van der Waals surface area contributed by atoms with Crippen molar-refractivity contribution in [3.8, 4) is 0 Å². The van der Waals surface area contributed by atoms with Gasteiger partial charge in [0.15, 0.2) is 0 Å². The zero-order valence-corrected chi connectivity index (χ0v) is 15.0. The van der Waals surface area contributed by atoms with Gasteiger partial charge in [0, 0.05) is 26.2 Å². The SMILES string of the molecule is Cc1cccc(C)c1CN1CC[C@H]2OCCN(S(C)(=O)=O)[C@@H]2C1. The van der Waals surface area contributed by atoms with Crippen LogP contribution in [0.25, 0.3) is 0 Å². The van der Waals surface area contributed by atoms with Crippen molar-refractivity contribution in [1.29, 1.82) is 0 Å². The molecule has 1 aromatic carbocycles. The van der Waals surface area contributed by atoms with Gasteiger partial charge in [0.2, 0.25) is 10.0 Å². The number of hydrogen-bond donors (Lipinski definition) is 0. The number of nitrogens with zero attached hydrogens (tertiary/aromatic N) is 2. The van der Waals surface area contributed by atoms with Crippen molar-refractivity contribution in [1.82, 2.24) is 9.21 Å². The van der Waals surface area contributed by atoms with Crippen LogP contribution in [0.15, 0.2) is 18.2 Å². The summed E-state index contributed by atoms with van der Waals surface area (Å²) in [5.41, 5.74) is 3.95. The predicted molar refractivity (Wildman–Crippen MR) is 90.9 cm³/mol. The van der Waals surface area contributed by atoms with Gasteiger partial charge in [0.05, 0.1) is 25.0 Å². The van der Waals surface area contributed by atoms with Gasteiger partial charge in [-0.15, -0.1) is 0 Å². The molecule has 2 atom stereocenters. The van der Waals surface area contributed by atoms with Crippen LogP contribution in [0.4, 0.5) is 0 Å². The number of ether oxygens (including phenoxy) is 1. The molecule has 2 saturated heterocycles. The minimum atomic E-state index is -3.18. The minimum Gasteiger partial charge on any atom is -0.375 e. The summed E-state index contributed by atoms with van der Waals surface area (Å²) in [7, 11) is -3.18. The molecule has 0 amide bonds. The zero-order valence-electron chi connectivity index (χ0n) is 14.2. The normalized spacial score (nSPS) is 26.9. The summed E-state index contributed by atoms with van der Waals surface area (Å²) < 4.78 is 31.6. The Balaban J connectivity index is 1.77. The van der Waals surface area contributed by atoms with Crippen LogP contribution in [0.1, 0.15) is 23.1 Å². The molecule has 0 bridgehead atoms. The lowest BCUT2D eigenvalue weighted by Gasteiger charge is -2.46. The molecule has 2 heterocycles. The van der Waals surface area contributed by atoms with Crippen LogP contribution >= 0.6 is 0 Å². The largest absolute Gasteiger partial charge is 0.375 e. The van der Waals surface area contributed by atoms with Crippen molar-refractivity contribution in [2.24, 2.45) is 0 Å². The molecule has 0 spiro atoms. The summed E-state index contributed by atoms with van der Waals surface area (Å²) in [6.07, 6.45) is 2.23. The monoisotopic (exact) mass is 338 g/mol. The quantitative estimate of drug-likeness (QED) is 0.839. The van der Waals surface area contributed by atoms with Gasteiger partial charge in [-0.05, 0) is 37.0 Å². The van der Waals surface area contributed by atoms with Crippen LogP contribution in [0.2, 0.25) is 0 Å². The number of rotatable bonds is 3. The lowest BCUT2D eigenvalue weighted by Crippen LogP contribution is -2.60. The third-order valence-corrected chi connectivity index (χ3v) is 6.38. The standard InChI is InChI=1S/C17H26N2O3S/c1-13-5-4-6-14(2)15(13)11-18-8-7-17-16(12-18)19(9-10-22-17)23(3,20)21/h4-6,16-17H,7-12H2,1-3H3/t16-,17-/m1/s1. The number of hydrogen-bond acceptors (Lipinski definition) is 4. The van der Waals surface area contributed by atoms with Gasteiger partial charge in [-0.2, -0.15) is 4.31 Å². The van der Waals surface area contributed by atoms with Gasteiger partial charge in [-0.1, -0.05) is 18.2 Å². The smallest absolute Gasteiger partial charge is 0.211 e. The molecule has 0 N–H and O–H groups in total. The first-order valence-electron chi connectivity index (χ1n) is 8.22. The Kier molecular flexibility index (Phi) is 4.78. The van der Waals surface area contributed by atoms with E-state index in [0.29, 0.717) is 13.2 Å². The molecule has 5 nitrogen and oxygen atoms in total. The Bertz CT molecular complexity index is 654. The van der Waals surface area contributed by atoms with Crippen molar-refractivity contribution in [3.63, 3.8) is 0 Å². The number of benzene rings is 1. The lowest BCUT2D eigenvalue weighted by molar-refractivity contribution is -0.0768. The number of sulfonamides is 1. The highest BCUT2D eigenvalue weighted by molar-refractivity contribution is 7.88. The van der Waals surface area contributed by atoms with Crippen LogP contribution in [0.5, 0.6) is 0 Å². The molecule has 2 fully saturated rings. The van der Waals surface area contributed by atoms with E-state index in [1.165, 1.54) is 22.9 Å². The maximum absolute atomic E-state index is 12.1. The molecule has 3 rings (SSSR count). The van der Waals surface area contributed by atoms with Crippen LogP contribution in [0.3, 0.4) is 0 Å². The molecule has 0 aromatic heterocycles. The summed E-state index contributed by atoms with van der Waals surface area (Å²) in [5, 5.41) is 0. The van der Waals surface area contributed by atoms with Crippen molar-refractivity contribution in [2.75, 3.05) is 32.5 Å². The Morgan fingerprint density at radius 1 is 1.22 bits per heavy atom. The Labute approximate surface area is 139 Å². The summed E-state index contributed by atoms with van der Waals surface area (Å²) in [6.45, 7) is 7.82. The van der Waals surface area contributed by atoms with E-state index in [9.17, 15) is 8.42 Å².